The van der Waals surface area contributed by atoms with Crippen molar-refractivity contribution < 1.29 is 13.9 Å². The van der Waals surface area contributed by atoms with E-state index in [1.807, 2.05) is 36.3 Å². The lowest BCUT2D eigenvalue weighted by molar-refractivity contribution is 0.0731. The molecule has 0 unspecified atom stereocenters. The Morgan fingerprint density at radius 3 is 2.84 bits per heavy atom. The number of nitrogens with zero attached hydrogens (tertiary/aromatic N) is 9. The molecule has 5 heterocycles. The number of carbonyl (C=O) groups excluding carboxylic acids is 1. The Morgan fingerprint density at radius 2 is 2.12 bits per heavy atom. The summed E-state index contributed by atoms with van der Waals surface area (Å²) in [5.74, 6) is 1.19. The second kappa shape index (κ2) is 7.70. The van der Waals surface area contributed by atoms with Gasteiger partial charge in [0.2, 0.25) is 11.8 Å². The van der Waals surface area contributed by atoms with Gasteiger partial charge in [0.05, 0.1) is 18.3 Å². The highest BCUT2D eigenvalue weighted by atomic mass is 16.5. The second-order valence-corrected chi connectivity index (χ2v) is 7.71. The van der Waals surface area contributed by atoms with Gasteiger partial charge in [-0.05, 0) is 13.8 Å². The van der Waals surface area contributed by atoms with Gasteiger partial charge in [-0.15, -0.1) is 10.2 Å². The topological polar surface area (TPSA) is 130 Å². The van der Waals surface area contributed by atoms with E-state index in [0.29, 0.717) is 42.4 Å². The zero-order chi connectivity index (χ0) is 22.4. The molecule has 1 atom stereocenters. The van der Waals surface area contributed by atoms with Crippen LogP contribution in [0.15, 0.2) is 16.9 Å². The summed E-state index contributed by atoms with van der Waals surface area (Å²) in [6, 6.07) is 0. The normalized spacial score (nSPS) is 16.2. The van der Waals surface area contributed by atoms with E-state index >= 15 is 0 Å². The fourth-order valence-electron chi connectivity index (χ4n) is 3.98. The lowest BCUT2D eigenvalue weighted by Gasteiger charge is -2.15. The minimum atomic E-state index is -0.298. The molecule has 0 saturated carbocycles. The summed E-state index contributed by atoms with van der Waals surface area (Å²) in [5, 5.41) is 11.9. The van der Waals surface area contributed by atoms with Gasteiger partial charge in [-0.3, -0.25) is 9.48 Å². The van der Waals surface area contributed by atoms with Gasteiger partial charge >= 0.3 is 11.8 Å². The first-order valence-corrected chi connectivity index (χ1v) is 10.4. The van der Waals surface area contributed by atoms with Crippen LogP contribution < -0.4 is 4.74 Å². The Balaban J connectivity index is 1.39. The zero-order valence-electron chi connectivity index (χ0n) is 18.3. The van der Waals surface area contributed by atoms with Crippen LogP contribution in [0.2, 0.25) is 0 Å². The van der Waals surface area contributed by atoms with Crippen LogP contribution in [0.4, 0.5) is 0 Å². The smallest absolute Gasteiger partial charge is 0.311 e. The van der Waals surface area contributed by atoms with Gasteiger partial charge in [-0.1, -0.05) is 0 Å². The van der Waals surface area contributed by atoms with Gasteiger partial charge in [0.15, 0.2) is 11.2 Å². The number of ether oxygens (including phenoxy) is 1. The van der Waals surface area contributed by atoms with Gasteiger partial charge < -0.3 is 18.6 Å². The highest BCUT2D eigenvalue weighted by Gasteiger charge is 2.32. The van der Waals surface area contributed by atoms with E-state index in [0.717, 1.165) is 23.6 Å². The highest BCUT2D eigenvalue weighted by Crippen LogP contribution is 2.30. The molecule has 166 valence electrons. The number of aryl methyl sites for hydroxylation is 3. The van der Waals surface area contributed by atoms with Gasteiger partial charge in [-0.25, -0.2) is 9.97 Å². The van der Waals surface area contributed by atoms with Crippen LogP contribution in [0.5, 0.6) is 5.88 Å². The predicted octanol–water partition coefficient (Wildman–Crippen LogP) is 1.54. The number of aromatic nitrogens is 8. The van der Waals surface area contributed by atoms with Crippen LogP contribution in [0.3, 0.4) is 0 Å². The lowest BCUT2D eigenvalue weighted by atomic mass is 10.2. The zero-order valence-corrected chi connectivity index (χ0v) is 18.3. The van der Waals surface area contributed by atoms with Crippen LogP contribution in [-0.2, 0) is 13.6 Å². The van der Waals surface area contributed by atoms with Crippen molar-refractivity contribution in [2.24, 2.45) is 7.05 Å². The van der Waals surface area contributed by atoms with Crippen molar-refractivity contribution in [3.8, 4) is 17.3 Å². The summed E-state index contributed by atoms with van der Waals surface area (Å²) in [7, 11) is 1.91. The Bertz CT molecular complexity index is 1310. The van der Waals surface area contributed by atoms with Gasteiger partial charge in [0.25, 0.3) is 0 Å². The minimum Gasteiger partial charge on any atom is -0.471 e. The summed E-state index contributed by atoms with van der Waals surface area (Å²) in [6.07, 6.45) is 3.71. The lowest BCUT2D eigenvalue weighted by Crippen LogP contribution is -2.31. The third-order valence-corrected chi connectivity index (χ3v) is 5.69. The van der Waals surface area contributed by atoms with Crippen molar-refractivity contribution in [2.75, 3.05) is 13.1 Å². The standard InChI is InChI=1S/C20H23N9O3/c1-5-29-11(2)14(8-23-29)16-24-15-17(27(16)4)21-10-22-18(15)32-13-6-7-28(9-13)20(30)19-26-25-12(3)31-19/h8,10,13H,5-7,9H2,1-4H3/t13-/m0/s1. The average molecular weight is 437 g/mol. The van der Waals surface area contributed by atoms with Crippen LogP contribution in [0, 0.1) is 13.8 Å². The third kappa shape index (κ3) is 3.27. The monoisotopic (exact) mass is 437 g/mol. The molecule has 32 heavy (non-hydrogen) atoms. The van der Waals surface area contributed by atoms with E-state index in [1.165, 1.54) is 6.33 Å². The van der Waals surface area contributed by atoms with Crippen molar-refractivity contribution in [1.82, 2.24) is 44.4 Å². The molecule has 12 nitrogen and oxygen atoms in total. The summed E-state index contributed by atoms with van der Waals surface area (Å²) >= 11 is 0. The summed E-state index contributed by atoms with van der Waals surface area (Å²) in [4.78, 5) is 27.7. The number of hydrogen-bond donors (Lipinski definition) is 0. The molecule has 1 amide bonds. The quantitative estimate of drug-likeness (QED) is 0.456. The molecule has 0 aromatic carbocycles. The number of fused-ring (bicyclic) bond motifs is 1. The van der Waals surface area contributed by atoms with Crippen molar-refractivity contribution in [1.29, 1.82) is 0 Å². The first-order chi connectivity index (χ1) is 15.5. The molecule has 1 saturated heterocycles. The van der Waals surface area contributed by atoms with Gasteiger partial charge in [0, 0.05) is 39.2 Å². The molecule has 0 bridgehead atoms. The van der Waals surface area contributed by atoms with E-state index in [4.69, 9.17) is 14.1 Å². The molecule has 1 aliphatic heterocycles. The second-order valence-electron chi connectivity index (χ2n) is 7.71. The Kier molecular flexibility index (Phi) is 4.83. The highest BCUT2D eigenvalue weighted by molar-refractivity contribution is 5.89. The maximum Gasteiger partial charge on any atom is 0.311 e. The predicted molar refractivity (Wildman–Crippen MR) is 112 cm³/mol. The fourth-order valence-corrected chi connectivity index (χ4v) is 3.98. The van der Waals surface area contributed by atoms with Crippen molar-refractivity contribution in [3.05, 3.63) is 30.0 Å². The molecule has 4 aromatic heterocycles. The van der Waals surface area contributed by atoms with Gasteiger partial charge in [0.1, 0.15) is 18.3 Å². The van der Waals surface area contributed by atoms with Crippen molar-refractivity contribution >= 4 is 17.1 Å². The van der Waals surface area contributed by atoms with E-state index in [9.17, 15) is 4.79 Å². The maximum atomic E-state index is 12.6. The molecular formula is C20H23N9O3. The van der Waals surface area contributed by atoms with E-state index in [1.54, 1.807) is 11.8 Å². The molecule has 1 aliphatic rings. The molecule has 0 aliphatic carbocycles. The third-order valence-electron chi connectivity index (χ3n) is 5.69. The van der Waals surface area contributed by atoms with E-state index in [2.05, 4.69) is 25.3 Å². The van der Waals surface area contributed by atoms with Crippen LogP contribution in [0.1, 0.15) is 35.6 Å². The number of imidazole rings is 1. The Hall–Kier alpha value is -3.83. The molecule has 0 radical (unpaired) electrons. The van der Waals surface area contributed by atoms with Crippen molar-refractivity contribution in [2.45, 2.75) is 39.8 Å². The molecule has 1 fully saturated rings. The average Bonchev–Trinajstić information content (AvgIpc) is 3.56. The first-order valence-electron chi connectivity index (χ1n) is 10.4. The SMILES string of the molecule is CCn1ncc(-c2nc3c(O[C@H]4CCN(C(=O)c5nnc(C)o5)C4)ncnc3n2C)c1C. The number of hydrogen-bond acceptors (Lipinski definition) is 9. The Morgan fingerprint density at radius 1 is 1.28 bits per heavy atom. The number of rotatable bonds is 5. The fraction of sp³-hybridized carbons (Fsp3) is 0.450. The molecule has 0 spiro atoms. The first kappa shape index (κ1) is 20.1. The minimum absolute atomic E-state index is 0.00931. The Labute approximate surface area is 183 Å². The molecule has 4 aromatic rings. The molecule has 0 N–H and O–H groups in total. The van der Waals surface area contributed by atoms with Gasteiger partial charge in [-0.2, -0.15) is 10.1 Å². The van der Waals surface area contributed by atoms with Crippen molar-refractivity contribution in [3.63, 3.8) is 0 Å². The summed E-state index contributed by atoms with van der Waals surface area (Å²) in [5.41, 5.74) is 3.21. The molecule has 12 heteroatoms. The summed E-state index contributed by atoms with van der Waals surface area (Å²) in [6.45, 7) is 7.42. The summed E-state index contributed by atoms with van der Waals surface area (Å²) < 4.78 is 15.3. The van der Waals surface area contributed by atoms with Crippen LogP contribution in [0.25, 0.3) is 22.6 Å². The van der Waals surface area contributed by atoms with E-state index in [-0.39, 0.29) is 17.9 Å². The van der Waals surface area contributed by atoms with Crippen LogP contribution >= 0.6 is 0 Å². The number of amides is 1. The molecular weight excluding hydrogens is 414 g/mol. The molecule has 5 rings (SSSR count). The van der Waals surface area contributed by atoms with E-state index < -0.39 is 0 Å². The number of carbonyl (C=O) groups is 1. The van der Waals surface area contributed by atoms with Crippen LogP contribution in [-0.4, -0.2) is 69.5 Å². The largest absolute Gasteiger partial charge is 0.471 e. The number of likely N-dealkylation sites (tertiary alicyclic amines) is 1. The maximum absolute atomic E-state index is 12.6.